The lowest BCUT2D eigenvalue weighted by Crippen LogP contribution is -1.99. The van der Waals surface area contributed by atoms with Crippen LogP contribution in [0, 0.1) is 6.92 Å². The number of halogens is 2. The quantitative estimate of drug-likeness (QED) is 0.560. The van der Waals surface area contributed by atoms with Gasteiger partial charge in [0.1, 0.15) is 0 Å². The van der Waals surface area contributed by atoms with Crippen LogP contribution < -0.4 is 5.73 Å². The highest BCUT2D eigenvalue weighted by Crippen LogP contribution is 2.38. The van der Waals surface area contributed by atoms with Crippen molar-refractivity contribution in [3.63, 3.8) is 0 Å². The summed E-state index contributed by atoms with van der Waals surface area (Å²) >= 11 is 14.0. The minimum Gasteiger partial charge on any atom is -0.353 e. The fourth-order valence-electron chi connectivity index (χ4n) is 2.85. The summed E-state index contributed by atoms with van der Waals surface area (Å²) < 4.78 is 0.802. The summed E-state index contributed by atoms with van der Waals surface area (Å²) in [6.07, 6.45) is 3.08. The molecule has 2 heterocycles. The van der Waals surface area contributed by atoms with Gasteiger partial charge in [0, 0.05) is 15.9 Å². The molecule has 0 atom stereocenters. The average Bonchev–Trinajstić information content (AvgIpc) is 3.04. The number of hydrogen-bond acceptors (Lipinski definition) is 2. The van der Waals surface area contributed by atoms with E-state index in [-0.39, 0.29) is 0 Å². The summed E-state index contributed by atoms with van der Waals surface area (Å²) in [6.45, 7) is 2.81. The number of nitrogens with two attached hydrogens (primary N) is 1. The summed E-state index contributed by atoms with van der Waals surface area (Å²) in [5.74, 6) is 0. The van der Waals surface area contributed by atoms with E-state index >= 15 is 0 Å². The summed E-state index contributed by atoms with van der Waals surface area (Å²) in [4.78, 5) is 4.74. The molecule has 2 nitrogen and oxygen atoms in total. The Morgan fingerprint density at radius 1 is 1.18 bits per heavy atom. The average molecular weight is 353 g/mol. The number of hydrogen-bond donors (Lipinski definition) is 2. The number of thiophene rings is 1. The van der Waals surface area contributed by atoms with Crippen LogP contribution in [0.3, 0.4) is 0 Å². The second-order valence-electron chi connectivity index (χ2n) is 5.47. The molecule has 2 aromatic heterocycles. The lowest BCUT2D eigenvalue weighted by atomic mass is 10.0. The number of H-pyrrole nitrogens is 1. The molecule has 0 aliphatic heterocycles. The van der Waals surface area contributed by atoms with Crippen molar-refractivity contribution in [2.24, 2.45) is 5.73 Å². The van der Waals surface area contributed by atoms with E-state index in [1.807, 2.05) is 12.1 Å². The van der Waals surface area contributed by atoms with Crippen molar-refractivity contribution in [3.8, 4) is 10.6 Å². The van der Waals surface area contributed by atoms with E-state index in [0.29, 0.717) is 0 Å². The molecule has 0 fully saturated rings. The number of rotatable bonds is 5. The van der Waals surface area contributed by atoms with Crippen LogP contribution in [-0.4, -0.2) is 11.5 Å². The standard InChI is InChI=1S/C17H18Cl2N2S/c1-10-8-11(18)9-13-12(4-2-3-7-20)17(21-16(10)13)14-5-6-15(19)22-14/h5-6,8-9,21H,2-4,7,20H2,1H3. The van der Waals surface area contributed by atoms with E-state index in [4.69, 9.17) is 28.9 Å². The molecule has 0 unspecified atom stereocenters. The fraction of sp³-hybridized carbons (Fsp3) is 0.294. The maximum Gasteiger partial charge on any atom is 0.0935 e. The van der Waals surface area contributed by atoms with Crippen LogP contribution in [0.1, 0.15) is 24.0 Å². The second kappa shape index (κ2) is 6.63. The Balaban J connectivity index is 2.16. The van der Waals surface area contributed by atoms with E-state index in [2.05, 4.69) is 24.0 Å². The third kappa shape index (κ3) is 3.04. The minimum atomic E-state index is 0.725. The zero-order valence-electron chi connectivity index (χ0n) is 12.4. The van der Waals surface area contributed by atoms with Crippen LogP contribution >= 0.6 is 34.5 Å². The van der Waals surface area contributed by atoms with Gasteiger partial charge in [0.2, 0.25) is 0 Å². The van der Waals surface area contributed by atoms with Gasteiger partial charge in [-0.15, -0.1) is 11.3 Å². The van der Waals surface area contributed by atoms with Crippen LogP contribution in [0.4, 0.5) is 0 Å². The molecule has 0 saturated carbocycles. The zero-order chi connectivity index (χ0) is 15.7. The van der Waals surface area contributed by atoms with Gasteiger partial charge >= 0.3 is 0 Å². The maximum absolute atomic E-state index is 6.26. The molecule has 1 aromatic carbocycles. The molecule has 116 valence electrons. The first-order chi connectivity index (χ1) is 10.6. The molecule has 22 heavy (non-hydrogen) atoms. The Kier molecular flexibility index (Phi) is 4.79. The number of fused-ring (bicyclic) bond motifs is 1. The smallest absolute Gasteiger partial charge is 0.0935 e. The summed E-state index contributed by atoms with van der Waals surface area (Å²) in [6, 6.07) is 8.06. The molecule has 0 saturated heterocycles. The van der Waals surface area contributed by atoms with Crippen LogP contribution in [0.25, 0.3) is 21.5 Å². The normalized spacial score (nSPS) is 11.5. The Morgan fingerprint density at radius 2 is 2.00 bits per heavy atom. The number of nitrogens with one attached hydrogen (secondary N) is 1. The third-order valence-corrected chi connectivity index (χ3v) is 5.34. The summed E-state index contributed by atoms with van der Waals surface area (Å²) in [5, 5.41) is 1.99. The van der Waals surface area contributed by atoms with Gasteiger partial charge in [0.25, 0.3) is 0 Å². The van der Waals surface area contributed by atoms with Crippen molar-refractivity contribution < 1.29 is 0 Å². The molecule has 3 rings (SSSR count). The highest BCUT2D eigenvalue weighted by Gasteiger charge is 2.16. The Morgan fingerprint density at radius 3 is 2.68 bits per heavy atom. The predicted molar refractivity (Wildman–Crippen MR) is 98.4 cm³/mol. The molecule has 0 aliphatic carbocycles. The van der Waals surface area contributed by atoms with E-state index in [1.54, 1.807) is 11.3 Å². The van der Waals surface area contributed by atoms with Crippen molar-refractivity contribution >= 4 is 45.4 Å². The van der Waals surface area contributed by atoms with E-state index < -0.39 is 0 Å². The lowest BCUT2D eigenvalue weighted by molar-refractivity contribution is 0.748. The Bertz CT molecular complexity index is 804. The SMILES string of the molecule is Cc1cc(Cl)cc2c(CCCCN)c(-c3ccc(Cl)s3)[nH]c12. The number of aromatic amines is 1. The van der Waals surface area contributed by atoms with Crippen molar-refractivity contribution in [2.45, 2.75) is 26.2 Å². The highest BCUT2D eigenvalue weighted by molar-refractivity contribution is 7.19. The molecule has 0 bridgehead atoms. The largest absolute Gasteiger partial charge is 0.353 e. The van der Waals surface area contributed by atoms with Gasteiger partial charge in [-0.3, -0.25) is 0 Å². The van der Waals surface area contributed by atoms with Crippen molar-refractivity contribution in [1.82, 2.24) is 4.98 Å². The molecule has 0 spiro atoms. The summed E-state index contributed by atoms with van der Waals surface area (Å²) in [7, 11) is 0. The number of unbranched alkanes of at least 4 members (excludes halogenated alkanes) is 1. The summed E-state index contributed by atoms with van der Waals surface area (Å²) in [5.41, 5.74) is 10.4. The molecule has 3 N–H and O–H groups in total. The number of benzene rings is 1. The van der Waals surface area contributed by atoms with Gasteiger partial charge < -0.3 is 10.7 Å². The fourth-order valence-corrected chi connectivity index (χ4v) is 4.19. The molecule has 3 aromatic rings. The van der Waals surface area contributed by atoms with Gasteiger partial charge in [-0.1, -0.05) is 23.2 Å². The Labute approximate surface area is 144 Å². The molecule has 5 heteroatoms. The maximum atomic E-state index is 6.26. The number of aromatic nitrogens is 1. The zero-order valence-corrected chi connectivity index (χ0v) is 14.7. The van der Waals surface area contributed by atoms with Crippen molar-refractivity contribution in [2.75, 3.05) is 6.54 Å². The molecule has 0 aliphatic rings. The number of aryl methyl sites for hydroxylation is 2. The van der Waals surface area contributed by atoms with Crippen LogP contribution in [0.15, 0.2) is 24.3 Å². The first-order valence-electron chi connectivity index (χ1n) is 7.36. The van der Waals surface area contributed by atoms with Crippen molar-refractivity contribution in [3.05, 3.63) is 44.8 Å². The monoisotopic (exact) mass is 352 g/mol. The van der Waals surface area contributed by atoms with Gasteiger partial charge in [-0.05, 0) is 68.1 Å². The van der Waals surface area contributed by atoms with Gasteiger partial charge in [-0.2, -0.15) is 0 Å². The van der Waals surface area contributed by atoms with Crippen LogP contribution in [-0.2, 0) is 6.42 Å². The first-order valence-corrected chi connectivity index (χ1v) is 8.94. The topological polar surface area (TPSA) is 41.8 Å². The van der Waals surface area contributed by atoms with Gasteiger partial charge in [0.15, 0.2) is 0 Å². The van der Waals surface area contributed by atoms with Crippen LogP contribution in [0.2, 0.25) is 9.36 Å². The van der Waals surface area contributed by atoms with Gasteiger partial charge in [-0.25, -0.2) is 0 Å². The minimum absolute atomic E-state index is 0.725. The van der Waals surface area contributed by atoms with E-state index in [1.165, 1.54) is 15.8 Å². The second-order valence-corrected chi connectivity index (χ2v) is 7.62. The van der Waals surface area contributed by atoms with E-state index in [9.17, 15) is 0 Å². The lowest BCUT2D eigenvalue weighted by Gasteiger charge is -2.04. The van der Waals surface area contributed by atoms with E-state index in [0.717, 1.165) is 51.9 Å². The van der Waals surface area contributed by atoms with Crippen LogP contribution in [0.5, 0.6) is 0 Å². The third-order valence-electron chi connectivity index (χ3n) is 3.88. The Hall–Kier alpha value is -1.00. The molecule has 0 amide bonds. The highest BCUT2D eigenvalue weighted by atomic mass is 35.5. The molecular weight excluding hydrogens is 335 g/mol. The molecular formula is C17H18Cl2N2S. The molecule has 0 radical (unpaired) electrons. The van der Waals surface area contributed by atoms with Gasteiger partial charge in [0.05, 0.1) is 14.9 Å². The first kappa shape index (κ1) is 15.9. The van der Waals surface area contributed by atoms with Crippen molar-refractivity contribution in [1.29, 1.82) is 0 Å². The predicted octanol–water partition coefficient (Wildman–Crippen LogP) is 5.79.